The molecule has 0 bridgehead atoms. The number of aliphatic carboxylic acids is 1. The van der Waals surface area contributed by atoms with Crippen LogP contribution in [-0.4, -0.2) is 99.6 Å². The van der Waals surface area contributed by atoms with Crippen molar-refractivity contribution in [2.24, 2.45) is 0 Å². The molecule has 0 aromatic heterocycles. The van der Waals surface area contributed by atoms with E-state index in [0.29, 0.717) is 33.4 Å². The van der Waals surface area contributed by atoms with Gasteiger partial charge in [0.05, 0.1) is 9.79 Å². The number of benzene rings is 4. The molecule has 10 nitrogen and oxygen atoms in total. The van der Waals surface area contributed by atoms with Gasteiger partial charge in [-0.2, -0.15) is 43.9 Å². The van der Waals surface area contributed by atoms with Gasteiger partial charge in [-0.1, -0.05) is 72.8 Å². The third-order valence-corrected chi connectivity index (χ3v) is 17.0. The molecule has 0 unspecified atom stereocenters. The number of carbonyl (C=O) groups excluding carboxylic acids is 1. The summed E-state index contributed by atoms with van der Waals surface area (Å²) in [4.78, 5) is 24.7. The van der Waals surface area contributed by atoms with E-state index in [-0.39, 0.29) is 61.9 Å². The Labute approximate surface area is 398 Å². The van der Waals surface area contributed by atoms with Crippen molar-refractivity contribution in [1.29, 1.82) is 0 Å². The van der Waals surface area contributed by atoms with Crippen LogP contribution in [0.3, 0.4) is 0 Å². The summed E-state index contributed by atoms with van der Waals surface area (Å²) < 4.78 is 192. The molecule has 2 heterocycles. The highest BCUT2D eigenvalue weighted by Gasteiger charge is 2.58. The van der Waals surface area contributed by atoms with E-state index in [0.717, 1.165) is 0 Å². The summed E-state index contributed by atoms with van der Waals surface area (Å²) in [5, 5.41) is 9.64. The van der Waals surface area contributed by atoms with Crippen LogP contribution in [0.4, 0.5) is 43.9 Å². The van der Waals surface area contributed by atoms with Crippen LogP contribution in [0.2, 0.25) is 0 Å². The summed E-state index contributed by atoms with van der Waals surface area (Å²) in [5.74, 6) is -11.8. The standard InChI is InChI=1S/C26H29F5O5S.C22H21F5O5S/c1-23(2,3)36-22(32)24(14-16-35-17-15-24)37(33,34)21-10-8-20(9-11-21)19-6-4-18(5-7-19)12-13-25(27,28)26(29,30)31;23-21(24,22(25,26)27)10-9-15-1-3-16(4-2-15)17-5-7-18(8-6-17)33(30,31)20(19(28)29)11-13-32-14-12-20/h4-11H,12-17H2,1-3H3;1-8H,9-14H2,(H,28,29). The van der Waals surface area contributed by atoms with E-state index >= 15 is 0 Å². The average Bonchev–Trinajstić information content (AvgIpc) is 3.30. The number of ether oxygens (including phenoxy) is 3. The van der Waals surface area contributed by atoms with Crippen LogP contribution in [0.15, 0.2) is 107 Å². The maximum absolute atomic E-state index is 13.7. The van der Waals surface area contributed by atoms with Crippen LogP contribution in [0.5, 0.6) is 0 Å². The smallest absolute Gasteiger partial charge is 0.453 e. The highest BCUT2D eigenvalue weighted by Crippen LogP contribution is 2.42. The highest BCUT2D eigenvalue weighted by atomic mass is 32.2. The molecule has 0 saturated carbocycles. The number of rotatable bonds is 14. The Kier molecular flexibility index (Phi) is 16.7. The van der Waals surface area contributed by atoms with Crippen molar-refractivity contribution in [2.75, 3.05) is 26.4 Å². The number of halogens is 10. The molecule has 0 atom stereocenters. The van der Waals surface area contributed by atoms with Crippen molar-refractivity contribution in [3.8, 4) is 22.3 Å². The molecular formula is C48H50F10O10S2. The van der Waals surface area contributed by atoms with E-state index < -0.39 is 96.6 Å². The quantitative estimate of drug-likeness (QED) is 0.0955. The number of alkyl halides is 10. The van der Waals surface area contributed by atoms with Gasteiger partial charge in [0.25, 0.3) is 0 Å². The van der Waals surface area contributed by atoms with Gasteiger partial charge in [0, 0.05) is 65.0 Å². The maximum Gasteiger partial charge on any atom is 0.453 e. The number of hydrogen-bond acceptors (Lipinski definition) is 9. The molecule has 6 rings (SSSR count). The van der Waals surface area contributed by atoms with Crippen LogP contribution in [0, 0.1) is 0 Å². The SMILES string of the molecule is CC(C)(C)OC(=O)C1(S(=O)(=O)c2ccc(-c3ccc(CCC(F)(F)C(F)(F)F)cc3)cc2)CCOCC1.O=C(O)C1(S(=O)(=O)c2ccc(-c3ccc(CCC(F)(F)C(F)(F)F)cc3)cc2)CCOCC1. The number of sulfone groups is 2. The molecule has 0 amide bonds. The molecule has 2 aliphatic heterocycles. The molecule has 70 heavy (non-hydrogen) atoms. The second-order valence-electron chi connectivity index (χ2n) is 17.9. The van der Waals surface area contributed by atoms with Gasteiger partial charge >= 0.3 is 36.1 Å². The van der Waals surface area contributed by atoms with Gasteiger partial charge in [0.15, 0.2) is 29.2 Å². The molecule has 1 N–H and O–H groups in total. The highest BCUT2D eigenvalue weighted by molar-refractivity contribution is 7.94. The summed E-state index contributed by atoms with van der Waals surface area (Å²) in [5.41, 5.74) is 2.10. The van der Waals surface area contributed by atoms with E-state index in [1.165, 1.54) is 72.8 Å². The lowest BCUT2D eigenvalue weighted by atomic mass is 9.99. The van der Waals surface area contributed by atoms with E-state index in [2.05, 4.69) is 0 Å². The lowest BCUT2D eigenvalue weighted by Crippen LogP contribution is -2.53. The zero-order valence-electron chi connectivity index (χ0n) is 37.9. The number of esters is 1. The third-order valence-electron chi connectivity index (χ3n) is 12.0. The van der Waals surface area contributed by atoms with Crippen molar-refractivity contribution >= 4 is 31.6 Å². The first-order valence-electron chi connectivity index (χ1n) is 21.7. The van der Waals surface area contributed by atoms with Crippen LogP contribution >= 0.6 is 0 Å². The summed E-state index contributed by atoms with van der Waals surface area (Å²) in [6, 6.07) is 23.3. The summed E-state index contributed by atoms with van der Waals surface area (Å²) in [7, 11) is -8.36. The second-order valence-corrected chi connectivity index (χ2v) is 22.4. The normalized spacial score (nSPS) is 16.9. The number of carboxylic acids is 1. The zero-order chi connectivity index (χ0) is 52.2. The first-order chi connectivity index (χ1) is 32.3. The van der Waals surface area contributed by atoms with Crippen molar-refractivity contribution < 1.29 is 89.6 Å². The van der Waals surface area contributed by atoms with Crippen LogP contribution in [0.25, 0.3) is 22.3 Å². The fourth-order valence-corrected chi connectivity index (χ4v) is 11.5. The van der Waals surface area contributed by atoms with E-state index in [9.17, 15) is 75.4 Å². The molecule has 0 aliphatic carbocycles. The molecule has 0 radical (unpaired) electrons. The average molecular weight is 1040 g/mol. The minimum atomic E-state index is -5.60. The van der Waals surface area contributed by atoms with E-state index in [4.69, 9.17) is 14.2 Å². The Morgan fingerprint density at radius 2 is 0.800 bits per heavy atom. The molecule has 4 aromatic rings. The van der Waals surface area contributed by atoms with Gasteiger partial charge in [0.2, 0.25) is 0 Å². The third kappa shape index (κ3) is 12.3. The van der Waals surface area contributed by atoms with Crippen LogP contribution in [0.1, 0.15) is 70.4 Å². The largest absolute Gasteiger partial charge is 0.480 e. The van der Waals surface area contributed by atoms with Crippen LogP contribution in [-0.2, 0) is 56.3 Å². The topological polar surface area (TPSA) is 150 Å². The Bertz CT molecular complexity index is 2650. The number of hydrogen-bond donors (Lipinski definition) is 1. The van der Waals surface area contributed by atoms with Crippen molar-refractivity contribution in [1.82, 2.24) is 0 Å². The molecular weight excluding hydrogens is 991 g/mol. The molecule has 2 saturated heterocycles. The minimum Gasteiger partial charge on any atom is -0.480 e. The fraction of sp³-hybridized carbons (Fsp3) is 0.458. The molecule has 22 heteroatoms. The Morgan fingerprint density at radius 3 is 1.09 bits per heavy atom. The van der Waals surface area contributed by atoms with E-state index in [1.54, 1.807) is 45.0 Å². The summed E-state index contributed by atoms with van der Waals surface area (Å²) in [6.45, 7) is 5.21. The number of aryl methyl sites for hydroxylation is 2. The Hall–Kier alpha value is -5.06. The molecule has 2 fully saturated rings. The minimum absolute atomic E-state index is 0.0187. The Morgan fingerprint density at radius 1 is 0.514 bits per heavy atom. The Balaban J connectivity index is 0.000000262. The number of carbonyl (C=O) groups is 2. The van der Waals surface area contributed by atoms with Crippen LogP contribution < -0.4 is 0 Å². The molecule has 4 aromatic carbocycles. The summed E-state index contributed by atoms with van der Waals surface area (Å²) >= 11 is 0. The zero-order valence-corrected chi connectivity index (χ0v) is 39.6. The van der Waals surface area contributed by atoms with Gasteiger partial charge in [-0.05, 0) is 91.3 Å². The van der Waals surface area contributed by atoms with Gasteiger partial charge in [-0.15, -0.1) is 0 Å². The van der Waals surface area contributed by atoms with Gasteiger partial charge in [0.1, 0.15) is 5.60 Å². The molecule has 384 valence electrons. The summed E-state index contributed by atoms with van der Waals surface area (Å²) in [6.07, 6.45) is -15.2. The fourth-order valence-electron chi connectivity index (χ4n) is 7.67. The molecule has 2 aliphatic rings. The van der Waals surface area contributed by atoms with Gasteiger partial charge < -0.3 is 19.3 Å². The lowest BCUT2D eigenvalue weighted by molar-refractivity contribution is -0.284. The maximum atomic E-state index is 13.7. The van der Waals surface area contributed by atoms with Gasteiger partial charge in [-0.3, -0.25) is 9.59 Å². The second kappa shape index (κ2) is 21.0. The van der Waals surface area contributed by atoms with Gasteiger partial charge in [-0.25, -0.2) is 16.8 Å². The molecule has 0 spiro atoms. The number of carboxylic acid groups (broad SMARTS) is 1. The van der Waals surface area contributed by atoms with Crippen molar-refractivity contribution in [3.05, 3.63) is 108 Å². The van der Waals surface area contributed by atoms with E-state index in [1.807, 2.05) is 0 Å². The predicted molar refractivity (Wildman–Crippen MR) is 236 cm³/mol. The predicted octanol–water partition coefficient (Wildman–Crippen LogP) is 11.0. The van der Waals surface area contributed by atoms with Crippen molar-refractivity contribution in [3.63, 3.8) is 0 Å². The lowest BCUT2D eigenvalue weighted by Gasteiger charge is -2.36. The monoisotopic (exact) mass is 1040 g/mol. The van der Waals surface area contributed by atoms with Crippen molar-refractivity contribution in [2.45, 2.75) is 121 Å². The first-order valence-corrected chi connectivity index (χ1v) is 24.6. The first kappa shape index (κ1) is 55.9.